The first-order chi connectivity index (χ1) is 22.2. The maximum absolute atomic E-state index is 13.7. The largest absolute Gasteiger partial charge is 0.325 e. The summed E-state index contributed by atoms with van der Waals surface area (Å²) in [6.07, 6.45) is 1.60. The number of hydrogen-bond donors (Lipinski definition) is 3. The Morgan fingerprint density at radius 1 is 0.761 bits per heavy atom. The number of amides is 3. The van der Waals surface area contributed by atoms with E-state index in [1.54, 1.807) is 54.6 Å². The van der Waals surface area contributed by atoms with Gasteiger partial charge in [0.15, 0.2) is 0 Å². The van der Waals surface area contributed by atoms with E-state index in [9.17, 15) is 18.8 Å². The second-order valence-electron chi connectivity index (χ2n) is 9.94. The van der Waals surface area contributed by atoms with Gasteiger partial charge in [-0.05, 0) is 77.9 Å². The van der Waals surface area contributed by atoms with Gasteiger partial charge < -0.3 is 16.0 Å². The van der Waals surface area contributed by atoms with Crippen LogP contribution in [0.15, 0.2) is 142 Å². The van der Waals surface area contributed by atoms with E-state index in [0.717, 1.165) is 10.0 Å². The van der Waals surface area contributed by atoms with Gasteiger partial charge >= 0.3 is 0 Å². The van der Waals surface area contributed by atoms with Crippen molar-refractivity contribution in [1.29, 1.82) is 0 Å². The fraction of sp³-hybridized carbons (Fsp3) is 0.0278. The first-order valence-electron chi connectivity index (χ1n) is 14.0. The van der Waals surface area contributed by atoms with E-state index < -0.39 is 22.9 Å². The lowest BCUT2D eigenvalue weighted by molar-refractivity contribution is -0.116. The van der Waals surface area contributed by atoms with Crippen LogP contribution < -0.4 is 16.0 Å². The van der Waals surface area contributed by atoms with E-state index in [0.29, 0.717) is 27.4 Å². The Hall–Kier alpha value is -4.70. The molecule has 3 amide bonds. The van der Waals surface area contributed by atoms with Gasteiger partial charge in [-0.3, -0.25) is 14.4 Å². The van der Waals surface area contributed by atoms with Crippen molar-refractivity contribution in [2.75, 3.05) is 10.6 Å². The Morgan fingerprint density at radius 2 is 1.43 bits per heavy atom. The number of anilines is 2. The van der Waals surface area contributed by atoms with Crippen LogP contribution in [0.25, 0.3) is 6.08 Å². The van der Waals surface area contributed by atoms with Gasteiger partial charge in [-0.1, -0.05) is 94.3 Å². The Kier molecular flexibility index (Phi) is 11.0. The fourth-order valence-electron chi connectivity index (χ4n) is 4.33. The molecular weight excluding hydrogens is 689 g/mol. The van der Waals surface area contributed by atoms with Crippen LogP contribution in [-0.2, 0) is 9.59 Å². The summed E-state index contributed by atoms with van der Waals surface area (Å²) in [5.74, 6) is -1.87. The molecule has 0 spiro atoms. The first kappa shape index (κ1) is 32.7. The van der Waals surface area contributed by atoms with Gasteiger partial charge in [0.2, 0.25) is 5.91 Å². The van der Waals surface area contributed by atoms with Crippen LogP contribution in [0.2, 0.25) is 5.02 Å². The zero-order valence-electron chi connectivity index (χ0n) is 24.0. The molecule has 0 heterocycles. The van der Waals surface area contributed by atoms with Gasteiger partial charge in [-0.25, -0.2) is 4.39 Å². The zero-order chi connectivity index (χ0) is 32.5. The molecule has 0 aliphatic heterocycles. The Balaban J connectivity index is 1.37. The summed E-state index contributed by atoms with van der Waals surface area (Å²) < 4.78 is 14.6. The third-order valence-corrected chi connectivity index (χ3v) is 8.65. The molecule has 46 heavy (non-hydrogen) atoms. The van der Waals surface area contributed by atoms with Crippen LogP contribution in [0.5, 0.6) is 0 Å². The maximum Gasteiger partial charge on any atom is 0.272 e. The molecule has 5 rings (SSSR count). The van der Waals surface area contributed by atoms with Crippen LogP contribution in [0.1, 0.15) is 26.7 Å². The van der Waals surface area contributed by atoms with Crippen molar-refractivity contribution in [3.8, 4) is 0 Å². The highest BCUT2D eigenvalue weighted by molar-refractivity contribution is 9.10. The molecule has 5 aromatic carbocycles. The van der Waals surface area contributed by atoms with E-state index >= 15 is 0 Å². The van der Waals surface area contributed by atoms with E-state index in [1.165, 1.54) is 30.0 Å². The highest BCUT2D eigenvalue weighted by Gasteiger charge is 2.23. The second-order valence-corrected chi connectivity index (χ2v) is 12.4. The van der Waals surface area contributed by atoms with E-state index in [1.807, 2.05) is 60.7 Å². The SMILES string of the molecule is O=C(Nc1cccc(SC(C(=O)Nc2ccc(F)c(Cl)c2)c2ccccc2)c1)/C(=C/c1ccc(Br)cc1)NC(=O)c1ccccc1. The van der Waals surface area contributed by atoms with E-state index in [4.69, 9.17) is 11.6 Å². The molecule has 10 heteroatoms. The molecule has 0 aliphatic carbocycles. The highest BCUT2D eigenvalue weighted by atomic mass is 79.9. The molecule has 0 aromatic heterocycles. The van der Waals surface area contributed by atoms with Gasteiger partial charge in [0.1, 0.15) is 16.8 Å². The Morgan fingerprint density at radius 3 is 2.13 bits per heavy atom. The molecule has 1 atom stereocenters. The van der Waals surface area contributed by atoms with Crippen molar-refractivity contribution in [2.45, 2.75) is 10.1 Å². The number of halogens is 3. The smallest absolute Gasteiger partial charge is 0.272 e. The van der Waals surface area contributed by atoms with Crippen molar-refractivity contribution in [3.63, 3.8) is 0 Å². The molecule has 5 aromatic rings. The molecule has 0 radical (unpaired) electrons. The zero-order valence-corrected chi connectivity index (χ0v) is 27.2. The number of benzene rings is 5. The average molecular weight is 715 g/mol. The minimum Gasteiger partial charge on any atom is -0.325 e. The predicted octanol–water partition coefficient (Wildman–Crippen LogP) is 9.12. The summed E-state index contributed by atoms with van der Waals surface area (Å²) in [5, 5.41) is 7.64. The van der Waals surface area contributed by atoms with Crippen molar-refractivity contribution in [3.05, 3.63) is 165 Å². The van der Waals surface area contributed by atoms with Gasteiger partial charge in [0, 0.05) is 26.3 Å². The molecule has 0 saturated heterocycles. The summed E-state index contributed by atoms with van der Waals surface area (Å²) in [6.45, 7) is 0. The molecule has 3 N–H and O–H groups in total. The second kappa shape index (κ2) is 15.5. The Bertz CT molecular complexity index is 1890. The third-order valence-electron chi connectivity index (χ3n) is 6.58. The van der Waals surface area contributed by atoms with Gasteiger partial charge in [-0.15, -0.1) is 11.8 Å². The topological polar surface area (TPSA) is 87.3 Å². The molecule has 1 unspecified atom stereocenters. The fourth-order valence-corrected chi connectivity index (χ4v) is 5.86. The van der Waals surface area contributed by atoms with Crippen molar-refractivity contribution >= 4 is 74.5 Å². The Labute approximate surface area is 283 Å². The van der Waals surface area contributed by atoms with Crippen LogP contribution in [0, 0.1) is 5.82 Å². The number of hydrogen-bond acceptors (Lipinski definition) is 4. The van der Waals surface area contributed by atoms with Crippen molar-refractivity contribution in [2.24, 2.45) is 0 Å². The van der Waals surface area contributed by atoms with Crippen molar-refractivity contribution in [1.82, 2.24) is 5.32 Å². The summed E-state index contributed by atoms with van der Waals surface area (Å²) in [4.78, 5) is 40.7. The maximum atomic E-state index is 13.7. The summed E-state index contributed by atoms with van der Waals surface area (Å²) in [6, 6.07) is 36.2. The standard InChI is InChI=1S/C36H26BrClFN3O3S/c37-26-16-14-23(15-17-26)20-32(42-34(43)25-10-5-2-6-11-25)35(44)40-27-12-7-13-29(21-27)46-33(24-8-3-1-4-9-24)36(45)41-28-18-19-31(39)30(38)22-28/h1-22,33H,(H,40,44)(H,41,45)(H,42,43)/b32-20-. The van der Waals surface area contributed by atoms with Crippen LogP contribution in [-0.4, -0.2) is 17.7 Å². The molecular formula is C36H26BrClFN3O3S. The lowest BCUT2D eigenvalue weighted by Gasteiger charge is -2.18. The number of carbonyl (C=O) groups excluding carboxylic acids is 3. The lowest BCUT2D eigenvalue weighted by atomic mass is 10.1. The van der Waals surface area contributed by atoms with E-state index in [2.05, 4.69) is 31.9 Å². The summed E-state index contributed by atoms with van der Waals surface area (Å²) in [5.41, 5.74) is 2.74. The van der Waals surface area contributed by atoms with Gasteiger partial charge in [-0.2, -0.15) is 0 Å². The van der Waals surface area contributed by atoms with Crippen molar-refractivity contribution < 1.29 is 18.8 Å². The third kappa shape index (κ3) is 8.94. The minimum atomic E-state index is -0.686. The van der Waals surface area contributed by atoms with Crippen LogP contribution in [0.3, 0.4) is 0 Å². The molecule has 6 nitrogen and oxygen atoms in total. The molecule has 230 valence electrons. The van der Waals surface area contributed by atoms with Gasteiger partial charge in [0.25, 0.3) is 11.8 Å². The number of rotatable bonds is 10. The number of nitrogens with one attached hydrogen (secondary N) is 3. The quantitative estimate of drug-likeness (QED) is 0.0995. The monoisotopic (exact) mass is 713 g/mol. The first-order valence-corrected chi connectivity index (χ1v) is 16.0. The van der Waals surface area contributed by atoms with Gasteiger partial charge in [0.05, 0.1) is 5.02 Å². The molecule has 0 bridgehead atoms. The molecule has 0 aliphatic rings. The molecule has 0 saturated carbocycles. The number of carbonyl (C=O) groups is 3. The van der Waals surface area contributed by atoms with Crippen LogP contribution >= 0.6 is 39.3 Å². The predicted molar refractivity (Wildman–Crippen MR) is 186 cm³/mol. The summed E-state index contributed by atoms with van der Waals surface area (Å²) >= 11 is 10.6. The van der Waals surface area contributed by atoms with Crippen LogP contribution in [0.4, 0.5) is 15.8 Å². The lowest BCUT2D eigenvalue weighted by Crippen LogP contribution is -2.30. The normalized spacial score (nSPS) is 11.8. The highest BCUT2D eigenvalue weighted by Crippen LogP contribution is 2.37. The average Bonchev–Trinajstić information content (AvgIpc) is 3.07. The number of thioether (sulfide) groups is 1. The van der Waals surface area contributed by atoms with E-state index in [-0.39, 0.29) is 16.6 Å². The minimum absolute atomic E-state index is 0.0498. The summed E-state index contributed by atoms with van der Waals surface area (Å²) in [7, 11) is 0. The molecule has 0 fully saturated rings.